The second-order valence-corrected chi connectivity index (χ2v) is 4.94. The smallest absolute Gasteiger partial charge is 0.454 e. The van der Waals surface area contributed by atoms with Crippen molar-refractivity contribution in [1.82, 2.24) is 0 Å². The van der Waals surface area contributed by atoms with Crippen LogP contribution in [0.25, 0.3) is 0 Å². The molecule has 1 heterocycles. The summed E-state index contributed by atoms with van der Waals surface area (Å²) in [5.74, 6) is 0.875. The third-order valence-electron chi connectivity index (χ3n) is 3.22. The normalized spacial score (nSPS) is 12.4. The number of hydrogen-bond donors (Lipinski definition) is 0. The maximum Gasteiger partial charge on any atom is 0.516 e. The van der Waals surface area contributed by atoms with Crippen LogP contribution < -0.4 is 9.47 Å². The largest absolute Gasteiger partial charge is 0.516 e. The third-order valence-corrected chi connectivity index (χ3v) is 3.22. The highest BCUT2D eigenvalue weighted by molar-refractivity contribution is 5.89. The number of unbranched alkanes of at least 4 members (excludes halogenated alkanes) is 2. The van der Waals surface area contributed by atoms with Crippen molar-refractivity contribution in [3.05, 3.63) is 35.9 Å². The topological polar surface area (TPSA) is 71.1 Å². The molecule has 1 aromatic carbocycles. The molecule has 0 spiro atoms. The summed E-state index contributed by atoms with van der Waals surface area (Å²) < 4.78 is 19.5. The number of rotatable bonds is 7. The number of ether oxygens (including phenoxy) is 4. The molecule has 23 heavy (non-hydrogen) atoms. The molecule has 0 unspecified atom stereocenters. The van der Waals surface area contributed by atoms with E-state index in [1.807, 2.05) is 18.2 Å². The van der Waals surface area contributed by atoms with Crippen molar-refractivity contribution in [1.29, 1.82) is 0 Å². The summed E-state index contributed by atoms with van der Waals surface area (Å²) in [5, 5.41) is 0. The van der Waals surface area contributed by atoms with Crippen LogP contribution in [-0.4, -0.2) is 25.5 Å². The quantitative estimate of drug-likeness (QED) is 0.332. The third kappa shape index (κ3) is 5.65. The van der Waals surface area contributed by atoms with Crippen LogP contribution in [0.15, 0.2) is 30.4 Å². The van der Waals surface area contributed by atoms with Crippen LogP contribution in [0.2, 0.25) is 0 Å². The Kier molecular flexibility index (Phi) is 6.47. The van der Waals surface area contributed by atoms with Crippen molar-refractivity contribution in [2.24, 2.45) is 0 Å². The van der Waals surface area contributed by atoms with Gasteiger partial charge in [-0.15, -0.1) is 0 Å². The van der Waals surface area contributed by atoms with Crippen molar-refractivity contribution in [3.8, 4) is 11.5 Å². The molecule has 0 fully saturated rings. The Morgan fingerprint density at radius 3 is 2.87 bits per heavy atom. The molecule has 0 aromatic heterocycles. The number of aryl methyl sites for hydroxylation is 1. The van der Waals surface area contributed by atoms with Crippen LogP contribution in [0.4, 0.5) is 4.79 Å². The summed E-state index contributed by atoms with van der Waals surface area (Å²) in [6.07, 6.45) is 5.55. The molecule has 0 amide bonds. The molecule has 0 N–H and O–H groups in total. The number of carbonyl (C=O) groups is 2. The van der Waals surface area contributed by atoms with Gasteiger partial charge in [0.25, 0.3) is 0 Å². The zero-order valence-corrected chi connectivity index (χ0v) is 13.1. The van der Waals surface area contributed by atoms with E-state index in [2.05, 4.69) is 9.47 Å². The zero-order chi connectivity index (χ0) is 16.5. The van der Waals surface area contributed by atoms with E-state index < -0.39 is 12.1 Å². The fourth-order valence-corrected chi connectivity index (χ4v) is 2.13. The molecule has 1 aliphatic rings. The zero-order valence-electron chi connectivity index (χ0n) is 13.1. The second-order valence-electron chi connectivity index (χ2n) is 4.94. The van der Waals surface area contributed by atoms with Gasteiger partial charge in [0, 0.05) is 6.08 Å². The fourth-order valence-electron chi connectivity index (χ4n) is 2.13. The van der Waals surface area contributed by atoms with E-state index in [0.29, 0.717) is 0 Å². The number of hydrogen-bond acceptors (Lipinski definition) is 6. The summed E-state index contributed by atoms with van der Waals surface area (Å²) in [7, 11) is 0. The van der Waals surface area contributed by atoms with Crippen LogP contribution in [0.3, 0.4) is 0 Å². The van der Waals surface area contributed by atoms with Crippen LogP contribution in [-0.2, 0) is 20.7 Å². The Morgan fingerprint density at radius 1 is 1.22 bits per heavy atom. The molecule has 6 nitrogen and oxygen atoms in total. The molecule has 0 saturated carbocycles. The van der Waals surface area contributed by atoms with E-state index in [4.69, 9.17) is 9.47 Å². The molecule has 6 heteroatoms. The van der Waals surface area contributed by atoms with Gasteiger partial charge in [0.2, 0.25) is 6.79 Å². The molecular formula is C17H20O6. The van der Waals surface area contributed by atoms with E-state index >= 15 is 0 Å². The van der Waals surface area contributed by atoms with Gasteiger partial charge >= 0.3 is 12.1 Å². The Labute approximate surface area is 135 Å². The second kappa shape index (κ2) is 8.82. The van der Waals surface area contributed by atoms with Crippen molar-refractivity contribution in [3.63, 3.8) is 0 Å². The minimum Gasteiger partial charge on any atom is -0.454 e. The molecule has 1 aromatic rings. The van der Waals surface area contributed by atoms with Gasteiger partial charge in [-0.05, 0) is 50.3 Å². The average Bonchev–Trinajstić information content (AvgIpc) is 2.98. The lowest BCUT2D eigenvalue weighted by Gasteiger charge is -2.02. The van der Waals surface area contributed by atoms with Crippen molar-refractivity contribution < 1.29 is 28.5 Å². The molecular weight excluding hydrogens is 300 g/mol. The minimum atomic E-state index is -0.968. The van der Waals surface area contributed by atoms with E-state index in [9.17, 15) is 9.59 Å². The Bertz CT molecular complexity index is 578. The van der Waals surface area contributed by atoms with Gasteiger partial charge in [0.05, 0.1) is 6.61 Å². The summed E-state index contributed by atoms with van der Waals surface area (Å²) in [6.45, 7) is 2.10. The van der Waals surface area contributed by atoms with Gasteiger partial charge in [0.1, 0.15) is 0 Å². The molecule has 124 valence electrons. The minimum absolute atomic E-state index is 0.176. The summed E-state index contributed by atoms with van der Waals surface area (Å²) in [6, 6.07) is 5.94. The van der Waals surface area contributed by atoms with Gasteiger partial charge in [-0.25, -0.2) is 9.59 Å². The van der Waals surface area contributed by atoms with Crippen LogP contribution in [0.1, 0.15) is 31.7 Å². The first-order valence-electron chi connectivity index (χ1n) is 7.62. The lowest BCUT2D eigenvalue weighted by molar-refractivity contribution is -0.134. The lowest BCUT2D eigenvalue weighted by Crippen LogP contribution is -2.11. The fraction of sp³-hybridized carbons (Fsp3) is 0.412. The van der Waals surface area contributed by atoms with Crippen molar-refractivity contribution >= 4 is 12.1 Å². The van der Waals surface area contributed by atoms with Crippen LogP contribution in [0, 0.1) is 0 Å². The standard InChI is InChI=1S/C17H20O6/c1-2-20-17(19)23-16(18)8-6-4-3-5-7-13-9-10-14-15(11-13)22-12-21-14/h6,8-11H,2-5,7,12H2,1H3/b8-6+. The first-order valence-corrected chi connectivity index (χ1v) is 7.62. The lowest BCUT2D eigenvalue weighted by atomic mass is 10.1. The van der Waals surface area contributed by atoms with Crippen LogP contribution in [0.5, 0.6) is 11.5 Å². The van der Waals surface area contributed by atoms with Gasteiger partial charge in [-0.2, -0.15) is 0 Å². The summed E-state index contributed by atoms with van der Waals surface area (Å²) in [4.78, 5) is 22.2. The van der Waals surface area contributed by atoms with E-state index in [-0.39, 0.29) is 13.4 Å². The first kappa shape index (κ1) is 16.9. The van der Waals surface area contributed by atoms with Crippen molar-refractivity contribution in [2.45, 2.75) is 32.6 Å². The number of fused-ring (bicyclic) bond motifs is 1. The first-order chi connectivity index (χ1) is 11.2. The highest BCUT2D eigenvalue weighted by atomic mass is 16.7. The number of benzene rings is 1. The molecule has 0 saturated heterocycles. The van der Waals surface area contributed by atoms with Gasteiger partial charge in [0.15, 0.2) is 11.5 Å². The van der Waals surface area contributed by atoms with Gasteiger partial charge in [-0.1, -0.05) is 12.1 Å². The van der Waals surface area contributed by atoms with E-state index in [1.165, 1.54) is 11.6 Å². The predicted octanol–water partition coefficient (Wildman–Crippen LogP) is 3.38. The maximum absolute atomic E-state index is 11.3. The number of allylic oxidation sites excluding steroid dienone is 1. The SMILES string of the molecule is CCOC(=O)OC(=O)/C=C/CCCCc1ccc2c(c1)OCO2. The molecule has 0 atom stereocenters. The Balaban J connectivity index is 1.61. The average molecular weight is 320 g/mol. The van der Waals surface area contributed by atoms with E-state index in [1.54, 1.807) is 13.0 Å². The monoisotopic (exact) mass is 320 g/mol. The number of esters is 1. The van der Waals surface area contributed by atoms with E-state index in [0.717, 1.165) is 37.2 Å². The Hall–Kier alpha value is -2.50. The molecule has 1 aliphatic heterocycles. The number of carbonyl (C=O) groups excluding carboxylic acids is 2. The van der Waals surface area contributed by atoms with Gasteiger partial charge in [-0.3, -0.25) is 0 Å². The Morgan fingerprint density at radius 2 is 2.04 bits per heavy atom. The molecule has 0 aliphatic carbocycles. The van der Waals surface area contributed by atoms with Gasteiger partial charge < -0.3 is 18.9 Å². The molecule has 0 bridgehead atoms. The molecule has 0 radical (unpaired) electrons. The van der Waals surface area contributed by atoms with Crippen LogP contribution >= 0.6 is 0 Å². The maximum atomic E-state index is 11.3. The summed E-state index contributed by atoms with van der Waals surface area (Å²) >= 11 is 0. The summed E-state index contributed by atoms with van der Waals surface area (Å²) in [5.41, 5.74) is 1.19. The highest BCUT2D eigenvalue weighted by Crippen LogP contribution is 2.32. The highest BCUT2D eigenvalue weighted by Gasteiger charge is 2.12. The molecule has 2 rings (SSSR count). The van der Waals surface area contributed by atoms with Crippen molar-refractivity contribution in [2.75, 3.05) is 13.4 Å². The predicted molar refractivity (Wildman–Crippen MR) is 82.4 cm³/mol.